The van der Waals surface area contributed by atoms with Crippen molar-refractivity contribution >= 4 is 0 Å². The third-order valence-electron chi connectivity index (χ3n) is 3.79. The molecule has 0 saturated heterocycles. The van der Waals surface area contributed by atoms with E-state index in [1.807, 2.05) is 6.92 Å². The van der Waals surface area contributed by atoms with Crippen LogP contribution >= 0.6 is 0 Å². The van der Waals surface area contributed by atoms with Gasteiger partial charge in [0.15, 0.2) is 0 Å². The predicted octanol–water partition coefficient (Wildman–Crippen LogP) is 3.87. The molecule has 5 heteroatoms. The zero-order chi connectivity index (χ0) is 15.9. The van der Waals surface area contributed by atoms with Gasteiger partial charge >= 0.3 is 6.18 Å². The Kier molecular flexibility index (Phi) is 7.18. The Labute approximate surface area is 125 Å². The smallest absolute Gasteiger partial charge is 0.303 e. The Hall–Kier alpha value is -1.07. The van der Waals surface area contributed by atoms with Crippen LogP contribution in [-0.4, -0.2) is 42.5 Å². The van der Waals surface area contributed by atoms with Crippen molar-refractivity contribution in [3.8, 4) is 0 Å². The third kappa shape index (κ3) is 5.67. The van der Waals surface area contributed by atoms with Crippen molar-refractivity contribution < 1.29 is 13.2 Å². The average Bonchev–Trinajstić information content (AvgIpc) is 2.46. The summed E-state index contributed by atoms with van der Waals surface area (Å²) in [6.45, 7) is 10.9. The van der Waals surface area contributed by atoms with Crippen LogP contribution < -0.4 is 0 Å². The fourth-order valence-corrected chi connectivity index (χ4v) is 2.35. The van der Waals surface area contributed by atoms with Gasteiger partial charge in [0.05, 0.1) is 5.56 Å². The molecule has 1 aromatic carbocycles. The lowest BCUT2D eigenvalue weighted by molar-refractivity contribution is -0.138. The van der Waals surface area contributed by atoms with Gasteiger partial charge in [0.2, 0.25) is 0 Å². The van der Waals surface area contributed by atoms with E-state index in [0.717, 1.165) is 38.8 Å². The molecule has 0 amide bonds. The van der Waals surface area contributed by atoms with Gasteiger partial charge in [0, 0.05) is 19.6 Å². The number of nitrogens with zero attached hydrogens (tertiary/aromatic N) is 2. The molecule has 2 nitrogen and oxygen atoms in total. The molecule has 0 aromatic heterocycles. The summed E-state index contributed by atoms with van der Waals surface area (Å²) in [6, 6.07) is 5.85. The second-order valence-corrected chi connectivity index (χ2v) is 5.05. The summed E-state index contributed by atoms with van der Waals surface area (Å²) >= 11 is 0. The average molecular weight is 302 g/mol. The van der Waals surface area contributed by atoms with Crippen molar-refractivity contribution in [3.05, 3.63) is 35.4 Å². The van der Waals surface area contributed by atoms with Crippen LogP contribution in [-0.2, 0) is 12.7 Å². The topological polar surface area (TPSA) is 6.48 Å². The lowest BCUT2D eigenvalue weighted by atomic mass is 10.1. The summed E-state index contributed by atoms with van der Waals surface area (Å²) < 4.78 is 39.0. The van der Waals surface area contributed by atoms with E-state index in [4.69, 9.17) is 0 Å². The highest BCUT2D eigenvalue weighted by molar-refractivity contribution is 5.29. The molecule has 0 N–H and O–H groups in total. The number of halogens is 3. The van der Waals surface area contributed by atoms with Crippen LogP contribution in [0.4, 0.5) is 13.2 Å². The standard InChI is InChI=1S/C16H25F3N2/c1-4-20(5-2)11-12-21(6-3)13-14-9-7-8-10-15(14)16(17,18)19/h7-10H,4-6,11-13H2,1-3H3. The number of alkyl halides is 3. The molecule has 0 aliphatic carbocycles. The quantitative estimate of drug-likeness (QED) is 0.719. The fourth-order valence-electron chi connectivity index (χ4n) is 2.35. The van der Waals surface area contributed by atoms with Crippen molar-refractivity contribution in [2.45, 2.75) is 33.5 Å². The van der Waals surface area contributed by atoms with Crippen LogP contribution in [0.2, 0.25) is 0 Å². The third-order valence-corrected chi connectivity index (χ3v) is 3.79. The molecule has 0 radical (unpaired) electrons. The van der Waals surface area contributed by atoms with E-state index in [9.17, 15) is 13.2 Å². The summed E-state index contributed by atoms with van der Waals surface area (Å²) in [4.78, 5) is 4.33. The summed E-state index contributed by atoms with van der Waals surface area (Å²) in [5, 5.41) is 0. The second kappa shape index (κ2) is 8.39. The van der Waals surface area contributed by atoms with Crippen molar-refractivity contribution in [1.29, 1.82) is 0 Å². The Bertz CT molecular complexity index is 414. The molecule has 0 saturated carbocycles. The molecule has 0 aliphatic rings. The van der Waals surface area contributed by atoms with Crippen LogP contribution in [0.15, 0.2) is 24.3 Å². The van der Waals surface area contributed by atoms with Gasteiger partial charge in [-0.2, -0.15) is 13.2 Å². The first-order valence-electron chi connectivity index (χ1n) is 7.52. The monoisotopic (exact) mass is 302 g/mol. The minimum Gasteiger partial charge on any atom is -0.303 e. The van der Waals surface area contributed by atoms with Crippen molar-refractivity contribution in [2.75, 3.05) is 32.7 Å². The molecule has 0 aliphatic heterocycles. The highest BCUT2D eigenvalue weighted by Crippen LogP contribution is 2.32. The number of rotatable bonds is 8. The molecule has 1 rings (SSSR count). The first-order valence-corrected chi connectivity index (χ1v) is 7.52. The maximum atomic E-state index is 13.0. The predicted molar refractivity (Wildman–Crippen MR) is 80.2 cm³/mol. The molecule has 0 spiro atoms. The number of likely N-dealkylation sites (N-methyl/N-ethyl adjacent to an activating group) is 2. The Morgan fingerprint density at radius 3 is 1.90 bits per heavy atom. The Morgan fingerprint density at radius 1 is 0.857 bits per heavy atom. The summed E-state index contributed by atoms with van der Waals surface area (Å²) in [6.07, 6.45) is -4.28. The molecular formula is C16H25F3N2. The van der Waals surface area contributed by atoms with E-state index in [-0.39, 0.29) is 0 Å². The molecule has 0 heterocycles. The van der Waals surface area contributed by atoms with Crippen LogP contribution in [0.3, 0.4) is 0 Å². The molecule has 120 valence electrons. The molecule has 0 atom stereocenters. The van der Waals surface area contributed by atoms with Gasteiger partial charge in [-0.15, -0.1) is 0 Å². The highest BCUT2D eigenvalue weighted by Gasteiger charge is 2.33. The summed E-state index contributed by atoms with van der Waals surface area (Å²) in [5.74, 6) is 0. The minimum atomic E-state index is -4.28. The SMILES string of the molecule is CCN(CC)CCN(CC)Cc1ccccc1C(F)(F)F. The first-order chi connectivity index (χ1) is 9.92. The maximum absolute atomic E-state index is 13.0. The van der Waals surface area contributed by atoms with E-state index in [1.54, 1.807) is 12.1 Å². The zero-order valence-electron chi connectivity index (χ0n) is 13.1. The first kappa shape index (κ1) is 18.0. The van der Waals surface area contributed by atoms with Gasteiger partial charge in [-0.25, -0.2) is 0 Å². The largest absolute Gasteiger partial charge is 0.416 e. The normalized spacial score (nSPS) is 12.4. The van der Waals surface area contributed by atoms with Gasteiger partial charge in [0.1, 0.15) is 0 Å². The summed E-state index contributed by atoms with van der Waals surface area (Å²) in [5.41, 5.74) is -0.169. The minimum absolute atomic E-state index is 0.341. The number of benzene rings is 1. The van der Waals surface area contributed by atoms with Gasteiger partial charge in [0.25, 0.3) is 0 Å². The molecule has 0 unspecified atom stereocenters. The van der Waals surface area contributed by atoms with Crippen LogP contribution in [0.25, 0.3) is 0 Å². The lowest BCUT2D eigenvalue weighted by Crippen LogP contribution is -2.35. The number of hydrogen-bond acceptors (Lipinski definition) is 2. The van der Waals surface area contributed by atoms with Gasteiger partial charge < -0.3 is 4.90 Å². The molecular weight excluding hydrogens is 277 g/mol. The Morgan fingerprint density at radius 2 is 1.38 bits per heavy atom. The second-order valence-electron chi connectivity index (χ2n) is 5.05. The zero-order valence-corrected chi connectivity index (χ0v) is 13.1. The van der Waals surface area contributed by atoms with E-state index in [2.05, 4.69) is 23.6 Å². The molecule has 0 bridgehead atoms. The van der Waals surface area contributed by atoms with E-state index < -0.39 is 11.7 Å². The van der Waals surface area contributed by atoms with Crippen LogP contribution in [0.1, 0.15) is 31.9 Å². The van der Waals surface area contributed by atoms with Crippen molar-refractivity contribution in [1.82, 2.24) is 9.80 Å². The van der Waals surface area contributed by atoms with Crippen LogP contribution in [0, 0.1) is 0 Å². The maximum Gasteiger partial charge on any atom is 0.416 e. The fraction of sp³-hybridized carbons (Fsp3) is 0.625. The highest BCUT2D eigenvalue weighted by atomic mass is 19.4. The van der Waals surface area contributed by atoms with E-state index in [1.165, 1.54) is 6.07 Å². The molecule has 1 aromatic rings. The molecule has 21 heavy (non-hydrogen) atoms. The molecule has 0 fully saturated rings. The van der Waals surface area contributed by atoms with Gasteiger partial charge in [-0.3, -0.25) is 4.90 Å². The van der Waals surface area contributed by atoms with Gasteiger partial charge in [-0.05, 0) is 31.3 Å². The van der Waals surface area contributed by atoms with Crippen LogP contribution in [0.5, 0.6) is 0 Å². The van der Waals surface area contributed by atoms with Crippen molar-refractivity contribution in [2.24, 2.45) is 0 Å². The van der Waals surface area contributed by atoms with E-state index >= 15 is 0 Å². The van der Waals surface area contributed by atoms with E-state index in [0.29, 0.717) is 12.1 Å². The number of hydrogen-bond donors (Lipinski definition) is 0. The summed E-state index contributed by atoms with van der Waals surface area (Å²) in [7, 11) is 0. The van der Waals surface area contributed by atoms with Gasteiger partial charge in [-0.1, -0.05) is 39.0 Å². The Balaban J connectivity index is 2.74. The van der Waals surface area contributed by atoms with Crippen molar-refractivity contribution in [3.63, 3.8) is 0 Å². The lowest BCUT2D eigenvalue weighted by Gasteiger charge is -2.26.